The van der Waals surface area contributed by atoms with E-state index in [9.17, 15) is 4.79 Å². The van der Waals surface area contributed by atoms with E-state index in [1.165, 1.54) is 56.3 Å². The Morgan fingerprint density at radius 3 is 2.42 bits per heavy atom. The number of carbonyl (C=O) groups is 1. The number of nitrogens with zero attached hydrogens (tertiary/aromatic N) is 1. The van der Waals surface area contributed by atoms with E-state index in [1.54, 1.807) is 0 Å². The van der Waals surface area contributed by atoms with Crippen molar-refractivity contribution in [1.29, 1.82) is 0 Å². The molecule has 2 heteroatoms. The molecule has 0 spiro atoms. The van der Waals surface area contributed by atoms with Crippen LogP contribution in [0, 0.1) is 6.92 Å². The summed E-state index contributed by atoms with van der Waals surface area (Å²) in [5, 5.41) is 0. The average molecular weight is 259 g/mol. The van der Waals surface area contributed by atoms with E-state index in [2.05, 4.69) is 17.6 Å². The Kier molecular flexibility index (Phi) is 3.76. The Morgan fingerprint density at radius 1 is 1.00 bits per heavy atom. The fourth-order valence-electron chi connectivity index (χ4n) is 3.95. The summed E-state index contributed by atoms with van der Waals surface area (Å²) in [6, 6.07) is 2.80. The van der Waals surface area contributed by atoms with E-state index in [0.29, 0.717) is 11.8 Å². The molecule has 0 atom stereocenters. The summed E-state index contributed by atoms with van der Waals surface area (Å²) in [4.78, 5) is 12.0. The number of aryl methyl sites for hydroxylation is 1. The van der Waals surface area contributed by atoms with Crippen molar-refractivity contribution in [3.63, 3.8) is 0 Å². The number of fused-ring (bicyclic) bond motifs is 1. The lowest BCUT2D eigenvalue weighted by Gasteiger charge is -2.26. The molecule has 1 aromatic heterocycles. The molecule has 1 aromatic rings. The maximum absolute atomic E-state index is 12.0. The average Bonchev–Trinajstić information content (AvgIpc) is 2.68. The van der Waals surface area contributed by atoms with E-state index in [4.69, 9.17) is 0 Å². The highest BCUT2D eigenvalue weighted by atomic mass is 16.1. The maximum atomic E-state index is 12.0. The largest absolute Gasteiger partial charge is 0.345 e. The van der Waals surface area contributed by atoms with Gasteiger partial charge in [0.2, 0.25) is 0 Å². The summed E-state index contributed by atoms with van der Waals surface area (Å²) in [5.74, 6) is 0.369. The zero-order chi connectivity index (χ0) is 13.2. The van der Waals surface area contributed by atoms with Gasteiger partial charge in [0.15, 0.2) is 5.78 Å². The minimum atomic E-state index is 0.369. The quantitative estimate of drug-likeness (QED) is 0.722. The number of rotatable bonds is 1. The third-order valence-corrected chi connectivity index (χ3v) is 4.89. The monoisotopic (exact) mass is 259 g/mol. The minimum absolute atomic E-state index is 0.369. The van der Waals surface area contributed by atoms with Crippen molar-refractivity contribution in [1.82, 2.24) is 4.57 Å². The molecule has 19 heavy (non-hydrogen) atoms. The molecule has 104 valence electrons. The lowest BCUT2D eigenvalue weighted by molar-refractivity contribution is 0.0971. The van der Waals surface area contributed by atoms with Crippen molar-refractivity contribution in [2.24, 2.45) is 0 Å². The molecule has 2 aliphatic rings. The van der Waals surface area contributed by atoms with Crippen LogP contribution in [0.3, 0.4) is 0 Å². The molecule has 0 aliphatic heterocycles. The van der Waals surface area contributed by atoms with Gasteiger partial charge in [-0.25, -0.2) is 0 Å². The molecule has 0 bridgehead atoms. The van der Waals surface area contributed by atoms with Gasteiger partial charge in [-0.1, -0.05) is 32.1 Å². The molecule has 0 N–H and O–H groups in total. The summed E-state index contributed by atoms with van der Waals surface area (Å²) in [7, 11) is 0. The lowest BCUT2D eigenvalue weighted by atomic mass is 9.94. The van der Waals surface area contributed by atoms with Gasteiger partial charge in [0.25, 0.3) is 0 Å². The van der Waals surface area contributed by atoms with Crippen LogP contribution in [0.5, 0.6) is 0 Å². The number of hydrogen-bond donors (Lipinski definition) is 0. The highest BCUT2D eigenvalue weighted by molar-refractivity contribution is 5.98. The first-order valence-electron chi connectivity index (χ1n) is 8.01. The second kappa shape index (κ2) is 5.52. The number of Topliss-reactive ketones (excluding diaryl/α,β-unsaturated/α-hetero) is 1. The second-order valence-corrected chi connectivity index (χ2v) is 6.29. The van der Waals surface area contributed by atoms with Crippen LogP contribution in [0.1, 0.15) is 85.6 Å². The van der Waals surface area contributed by atoms with Crippen molar-refractivity contribution in [2.45, 2.75) is 77.2 Å². The maximum Gasteiger partial charge on any atom is 0.164 e. The molecule has 0 unspecified atom stereocenters. The third kappa shape index (κ3) is 2.50. The van der Waals surface area contributed by atoms with Crippen molar-refractivity contribution < 1.29 is 4.79 Å². The normalized spacial score (nSPS) is 21.8. The van der Waals surface area contributed by atoms with E-state index < -0.39 is 0 Å². The predicted molar refractivity (Wildman–Crippen MR) is 77.8 cm³/mol. The van der Waals surface area contributed by atoms with Crippen molar-refractivity contribution in [3.8, 4) is 0 Å². The van der Waals surface area contributed by atoms with Gasteiger partial charge < -0.3 is 4.57 Å². The molecule has 0 radical (unpaired) electrons. The SMILES string of the molecule is Cc1cc2c(n1C1CCCCCCC1)CCCC2=O. The zero-order valence-corrected chi connectivity index (χ0v) is 12.1. The van der Waals surface area contributed by atoms with Crippen molar-refractivity contribution in [3.05, 3.63) is 23.0 Å². The topological polar surface area (TPSA) is 22.0 Å². The van der Waals surface area contributed by atoms with Gasteiger partial charge in [-0.15, -0.1) is 0 Å². The van der Waals surface area contributed by atoms with Crippen LogP contribution in [0.2, 0.25) is 0 Å². The van der Waals surface area contributed by atoms with Gasteiger partial charge in [0, 0.05) is 29.4 Å². The highest BCUT2D eigenvalue weighted by Gasteiger charge is 2.26. The highest BCUT2D eigenvalue weighted by Crippen LogP contribution is 2.33. The van der Waals surface area contributed by atoms with Crippen LogP contribution in [-0.2, 0) is 6.42 Å². The van der Waals surface area contributed by atoms with Gasteiger partial charge in [-0.3, -0.25) is 4.79 Å². The lowest BCUT2D eigenvalue weighted by Crippen LogP contribution is -2.18. The predicted octanol–water partition coefficient (Wildman–Crippen LogP) is 4.60. The fourth-order valence-corrected chi connectivity index (χ4v) is 3.95. The van der Waals surface area contributed by atoms with Crippen LogP contribution in [-0.4, -0.2) is 10.4 Å². The molecule has 1 fully saturated rings. The number of carbonyl (C=O) groups excluding carboxylic acids is 1. The van der Waals surface area contributed by atoms with Crippen molar-refractivity contribution >= 4 is 5.78 Å². The Labute approximate surface area is 116 Å². The molecule has 1 saturated carbocycles. The molecule has 0 saturated heterocycles. The Hall–Kier alpha value is -1.05. The summed E-state index contributed by atoms with van der Waals surface area (Å²) < 4.78 is 2.53. The summed E-state index contributed by atoms with van der Waals surface area (Å²) in [6.45, 7) is 2.18. The summed E-state index contributed by atoms with van der Waals surface area (Å²) >= 11 is 0. The first kappa shape index (κ1) is 13.0. The zero-order valence-electron chi connectivity index (χ0n) is 12.1. The summed E-state index contributed by atoms with van der Waals surface area (Å²) in [6.07, 6.45) is 12.4. The molecule has 0 aromatic carbocycles. The van der Waals surface area contributed by atoms with Gasteiger partial charge in [0.05, 0.1) is 0 Å². The second-order valence-electron chi connectivity index (χ2n) is 6.29. The first-order chi connectivity index (χ1) is 9.27. The molecule has 2 aliphatic carbocycles. The van der Waals surface area contributed by atoms with Gasteiger partial charge >= 0.3 is 0 Å². The van der Waals surface area contributed by atoms with Crippen molar-refractivity contribution in [2.75, 3.05) is 0 Å². The van der Waals surface area contributed by atoms with Gasteiger partial charge in [-0.2, -0.15) is 0 Å². The standard InChI is InChI=1S/C17H25NO/c1-13-12-15-16(10-7-11-17(15)19)18(13)14-8-5-3-2-4-6-9-14/h12,14H,2-11H2,1H3. The Morgan fingerprint density at radius 2 is 1.68 bits per heavy atom. The molecule has 1 heterocycles. The van der Waals surface area contributed by atoms with Crippen LogP contribution in [0.15, 0.2) is 6.07 Å². The van der Waals surface area contributed by atoms with E-state index in [-0.39, 0.29) is 0 Å². The number of aromatic nitrogens is 1. The minimum Gasteiger partial charge on any atom is -0.345 e. The van der Waals surface area contributed by atoms with Gasteiger partial charge in [-0.05, 0) is 38.7 Å². The van der Waals surface area contributed by atoms with E-state index >= 15 is 0 Å². The van der Waals surface area contributed by atoms with Crippen LogP contribution >= 0.6 is 0 Å². The molecule has 0 amide bonds. The van der Waals surface area contributed by atoms with Crippen LogP contribution < -0.4 is 0 Å². The summed E-state index contributed by atoms with van der Waals surface area (Å²) in [5.41, 5.74) is 3.69. The number of hydrogen-bond acceptors (Lipinski definition) is 1. The molecule has 3 rings (SSSR count). The van der Waals surface area contributed by atoms with Gasteiger partial charge in [0.1, 0.15) is 0 Å². The Bertz CT molecular complexity index is 464. The smallest absolute Gasteiger partial charge is 0.164 e. The molecular weight excluding hydrogens is 234 g/mol. The number of ketones is 1. The van der Waals surface area contributed by atoms with Crippen LogP contribution in [0.25, 0.3) is 0 Å². The fraction of sp³-hybridized carbons (Fsp3) is 0.706. The van der Waals surface area contributed by atoms with E-state index in [0.717, 1.165) is 24.8 Å². The van der Waals surface area contributed by atoms with Crippen LogP contribution in [0.4, 0.5) is 0 Å². The Balaban J connectivity index is 1.92. The first-order valence-corrected chi connectivity index (χ1v) is 8.01. The molecule has 2 nitrogen and oxygen atoms in total. The molecular formula is C17H25NO. The third-order valence-electron chi connectivity index (χ3n) is 4.89. The van der Waals surface area contributed by atoms with E-state index in [1.807, 2.05) is 0 Å².